The molecule has 28 heavy (non-hydrogen) atoms. The highest BCUT2D eigenvalue weighted by Crippen LogP contribution is 2.20. The van der Waals surface area contributed by atoms with E-state index in [2.05, 4.69) is 16.1 Å². The van der Waals surface area contributed by atoms with Crippen molar-refractivity contribution >= 4 is 23.5 Å². The molecule has 1 unspecified atom stereocenters. The van der Waals surface area contributed by atoms with Crippen molar-refractivity contribution in [2.24, 2.45) is 0 Å². The minimum absolute atomic E-state index is 0.0203. The second-order valence-electron chi connectivity index (χ2n) is 6.86. The highest BCUT2D eigenvalue weighted by molar-refractivity contribution is 5.96. The van der Waals surface area contributed by atoms with Gasteiger partial charge in [-0.15, -0.1) is 0 Å². The van der Waals surface area contributed by atoms with Crippen molar-refractivity contribution in [1.29, 1.82) is 5.26 Å². The number of nitrogens with zero attached hydrogens (tertiary/aromatic N) is 3. The van der Waals surface area contributed by atoms with Crippen molar-refractivity contribution in [3.63, 3.8) is 0 Å². The van der Waals surface area contributed by atoms with Gasteiger partial charge in [0.25, 0.3) is 0 Å². The predicted octanol–water partition coefficient (Wildman–Crippen LogP) is 0.914. The number of carbonyl (C=O) groups is 3. The number of rotatable bonds is 7. The zero-order valence-electron chi connectivity index (χ0n) is 16.5. The lowest BCUT2D eigenvalue weighted by Crippen LogP contribution is -2.58. The molecule has 0 radical (unpaired) electrons. The van der Waals surface area contributed by atoms with Gasteiger partial charge in [0.2, 0.25) is 11.8 Å². The number of benzene rings is 1. The summed E-state index contributed by atoms with van der Waals surface area (Å²) in [6.45, 7) is 5.01. The van der Waals surface area contributed by atoms with Crippen LogP contribution in [0, 0.1) is 25.2 Å². The van der Waals surface area contributed by atoms with E-state index in [1.165, 1.54) is 7.11 Å². The average Bonchev–Trinajstić information content (AvgIpc) is 2.64. The zero-order valence-corrected chi connectivity index (χ0v) is 16.5. The van der Waals surface area contributed by atoms with Crippen molar-refractivity contribution in [3.8, 4) is 6.07 Å². The Hall–Kier alpha value is -2.92. The van der Waals surface area contributed by atoms with Gasteiger partial charge in [-0.1, -0.05) is 6.07 Å². The summed E-state index contributed by atoms with van der Waals surface area (Å²) in [6.07, 6.45) is 0.0855. The summed E-state index contributed by atoms with van der Waals surface area (Å²) < 4.78 is 4.67. The van der Waals surface area contributed by atoms with E-state index in [4.69, 9.17) is 5.26 Å². The van der Waals surface area contributed by atoms with Gasteiger partial charge in [0, 0.05) is 25.3 Å². The molecule has 0 saturated carbocycles. The minimum atomic E-state index is -0.748. The van der Waals surface area contributed by atoms with Crippen LogP contribution in [-0.4, -0.2) is 62.0 Å². The summed E-state index contributed by atoms with van der Waals surface area (Å²) in [7, 11) is 1.27. The second kappa shape index (κ2) is 9.85. The van der Waals surface area contributed by atoms with Gasteiger partial charge in [-0.05, 0) is 37.1 Å². The Balaban J connectivity index is 2.22. The number of methoxy groups -OCH3 is 1. The molecular formula is C20H26N4O4. The summed E-state index contributed by atoms with van der Waals surface area (Å²) in [5.74, 6) is -1.01. The molecule has 0 spiro atoms. The fourth-order valence-corrected chi connectivity index (χ4v) is 3.34. The lowest BCUT2D eigenvalue weighted by Gasteiger charge is -2.35. The molecule has 2 amide bonds. The summed E-state index contributed by atoms with van der Waals surface area (Å²) in [5.41, 5.74) is 2.76. The van der Waals surface area contributed by atoms with Crippen molar-refractivity contribution in [3.05, 3.63) is 29.3 Å². The topological polar surface area (TPSA) is 103 Å². The maximum Gasteiger partial charge on any atom is 0.307 e. The van der Waals surface area contributed by atoms with Crippen LogP contribution in [0.5, 0.6) is 0 Å². The number of hydrogen-bond donors (Lipinski definition) is 1. The first-order valence-corrected chi connectivity index (χ1v) is 9.20. The van der Waals surface area contributed by atoms with Gasteiger partial charge in [0.15, 0.2) is 0 Å². The monoisotopic (exact) mass is 386 g/mol. The van der Waals surface area contributed by atoms with Crippen LogP contribution in [0.2, 0.25) is 0 Å². The second-order valence-corrected chi connectivity index (χ2v) is 6.86. The molecule has 1 aliphatic heterocycles. The molecule has 1 heterocycles. The summed E-state index contributed by atoms with van der Waals surface area (Å²) in [5, 5.41) is 11.7. The van der Waals surface area contributed by atoms with E-state index in [0.29, 0.717) is 13.1 Å². The van der Waals surface area contributed by atoms with E-state index in [1.807, 2.05) is 32.0 Å². The van der Waals surface area contributed by atoms with E-state index in [0.717, 1.165) is 16.8 Å². The van der Waals surface area contributed by atoms with Crippen LogP contribution in [0.4, 0.5) is 5.69 Å². The third-order valence-corrected chi connectivity index (χ3v) is 4.63. The Kier molecular flexibility index (Phi) is 7.52. The maximum atomic E-state index is 13.1. The summed E-state index contributed by atoms with van der Waals surface area (Å²) in [6, 6.07) is 7.14. The molecule has 1 aliphatic rings. The lowest BCUT2D eigenvalue weighted by atomic mass is 10.1. The van der Waals surface area contributed by atoms with Gasteiger partial charge in [0.1, 0.15) is 6.04 Å². The molecular weight excluding hydrogens is 360 g/mol. The van der Waals surface area contributed by atoms with Crippen molar-refractivity contribution in [2.75, 3.05) is 38.2 Å². The van der Waals surface area contributed by atoms with Gasteiger partial charge in [-0.25, -0.2) is 0 Å². The molecule has 1 fully saturated rings. The fourth-order valence-electron chi connectivity index (χ4n) is 3.34. The third kappa shape index (κ3) is 5.54. The van der Waals surface area contributed by atoms with Gasteiger partial charge < -0.3 is 15.0 Å². The molecule has 8 heteroatoms. The number of anilines is 1. The molecule has 1 aromatic carbocycles. The van der Waals surface area contributed by atoms with Gasteiger partial charge in [-0.3, -0.25) is 19.3 Å². The smallest absolute Gasteiger partial charge is 0.307 e. The van der Waals surface area contributed by atoms with Crippen LogP contribution < -0.4 is 10.2 Å². The number of aryl methyl sites for hydroxylation is 2. The minimum Gasteiger partial charge on any atom is -0.469 e. The molecule has 0 aromatic heterocycles. The first-order valence-electron chi connectivity index (χ1n) is 9.20. The van der Waals surface area contributed by atoms with Crippen molar-refractivity contribution in [1.82, 2.24) is 10.2 Å². The van der Waals surface area contributed by atoms with E-state index in [-0.39, 0.29) is 37.7 Å². The van der Waals surface area contributed by atoms with Crippen LogP contribution >= 0.6 is 0 Å². The number of ether oxygens (including phenoxy) is 1. The van der Waals surface area contributed by atoms with Gasteiger partial charge in [0.05, 0.1) is 32.6 Å². The molecule has 0 bridgehead atoms. The number of nitrogens with one attached hydrogen (secondary N) is 1. The van der Waals surface area contributed by atoms with Crippen LogP contribution in [-0.2, 0) is 19.1 Å². The molecule has 1 saturated heterocycles. The van der Waals surface area contributed by atoms with Gasteiger partial charge in [-0.2, -0.15) is 5.26 Å². The lowest BCUT2D eigenvalue weighted by molar-refractivity contribution is -0.146. The van der Waals surface area contributed by atoms with E-state index >= 15 is 0 Å². The molecule has 150 valence electrons. The average molecular weight is 386 g/mol. The summed E-state index contributed by atoms with van der Waals surface area (Å²) >= 11 is 0. The van der Waals surface area contributed by atoms with Crippen molar-refractivity contribution < 1.29 is 19.1 Å². The van der Waals surface area contributed by atoms with E-state index in [9.17, 15) is 14.4 Å². The number of amides is 2. The Labute approximate surface area is 165 Å². The first kappa shape index (κ1) is 21.4. The van der Waals surface area contributed by atoms with Crippen LogP contribution in [0.3, 0.4) is 0 Å². The zero-order chi connectivity index (χ0) is 20.7. The number of esters is 1. The normalized spacial score (nSPS) is 16.8. The quantitative estimate of drug-likeness (QED) is 0.699. The molecule has 1 N–H and O–H groups in total. The largest absolute Gasteiger partial charge is 0.469 e. The standard InChI is InChI=1S/C20H26N4O4/c1-14-9-15(2)11-16(10-14)24(7-4-5-21)18(25)13-23-8-6-22-20(27)17(23)12-19(26)28-3/h9-11,17H,4,6-8,12-13H2,1-3H3,(H,22,27). The van der Waals surface area contributed by atoms with Gasteiger partial charge >= 0.3 is 5.97 Å². The highest BCUT2D eigenvalue weighted by Gasteiger charge is 2.34. The Bertz CT molecular complexity index is 767. The van der Waals surface area contributed by atoms with Crippen LogP contribution in [0.25, 0.3) is 0 Å². The fraction of sp³-hybridized carbons (Fsp3) is 0.500. The van der Waals surface area contributed by atoms with E-state index in [1.54, 1.807) is 9.80 Å². The SMILES string of the molecule is COC(=O)CC1C(=O)NCCN1CC(=O)N(CCC#N)c1cc(C)cc(C)c1. The predicted molar refractivity (Wildman–Crippen MR) is 104 cm³/mol. The molecule has 2 rings (SSSR count). The maximum absolute atomic E-state index is 13.1. The third-order valence-electron chi connectivity index (χ3n) is 4.63. The van der Waals surface area contributed by atoms with Crippen LogP contribution in [0.15, 0.2) is 18.2 Å². The molecule has 1 atom stereocenters. The number of piperazine rings is 1. The molecule has 0 aliphatic carbocycles. The summed E-state index contributed by atoms with van der Waals surface area (Å²) in [4.78, 5) is 40.2. The Morgan fingerprint density at radius 2 is 2.00 bits per heavy atom. The highest BCUT2D eigenvalue weighted by atomic mass is 16.5. The first-order chi connectivity index (χ1) is 13.3. The van der Waals surface area contributed by atoms with E-state index < -0.39 is 12.0 Å². The molecule has 8 nitrogen and oxygen atoms in total. The Morgan fingerprint density at radius 1 is 1.32 bits per heavy atom. The Morgan fingerprint density at radius 3 is 2.61 bits per heavy atom. The van der Waals surface area contributed by atoms with Crippen LogP contribution in [0.1, 0.15) is 24.0 Å². The number of carbonyl (C=O) groups excluding carboxylic acids is 3. The van der Waals surface area contributed by atoms with Crippen molar-refractivity contribution in [2.45, 2.75) is 32.7 Å². The number of nitriles is 1. The number of hydrogen-bond acceptors (Lipinski definition) is 6. The molecule has 1 aromatic rings.